The van der Waals surface area contributed by atoms with Crippen LogP contribution in [-0.4, -0.2) is 29.9 Å². The van der Waals surface area contributed by atoms with Crippen LogP contribution in [0.15, 0.2) is 0 Å². The van der Waals surface area contributed by atoms with Crippen molar-refractivity contribution in [3.63, 3.8) is 0 Å². The lowest BCUT2D eigenvalue weighted by Crippen LogP contribution is -2.52. The highest BCUT2D eigenvalue weighted by Gasteiger charge is 2.33. The first kappa shape index (κ1) is 14.5. The van der Waals surface area contributed by atoms with Crippen LogP contribution in [0.25, 0.3) is 0 Å². The normalized spacial score (nSPS) is 23.6. The molecule has 0 aromatic carbocycles. The van der Waals surface area contributed by atoms with Gasteiger partial charge in [-0.3, -0.25) is 4.79 Å². The molecule has 0 saturated carbocycles. The summed E-state index contributed by atoms with van der Waals surface area (Å²) in [6.07, 6.45) is 4.84. The average molecular weight is 240 g/mol. The van der Waals surface area contributed by atoms with E-state index in [0.717, 1.165) is 19.5 Å². The third-order valence-corrected chi connectivity index (χ3v) is 3.73. The van der Waals surface area contributed by atoms with Gasteiger partial charge in [-0.15, -0.1) is 0 Å². The van der Waals surface area contributed by atoms with Gasteiger partial charge in [0, 0.05) is 13.1 Å². The van der Waals surface area contributed by atoms with Crippen molar-refractivity contribution in [3.05, 3.63) is 0 Å². The van der Waals surface area contributed by atoms with Crippen molar-refractivity contribution in [2.75, 3.05) is 13.1 Å². The fourth-order valence-electron chi connectivity index (χ4n) is 2.48. The Hall–Kier alpha value is -0.570. The van der Waals surface area contributed by atoms with E-state index >= 15 is 0 Å². The van der Waals surface area contributed by atoms with Crippen LogP contribution < -0.4 is 5.73 Å². The van der Waals surface area contributed by atoms with Gasteiger partial charge in [0.05, 0.1) is 6.04 Å². The predicted molar refractivity (Wildman–Crippen MR) is 71.6 cm³/mol. The van der Waals surface area contributed by atoms with Gasteiger partial charge in [-0.05, 0) is 30.6 Å². The lowest BCUT2D eigenvalue weighted by atomic mass is 9.85. The zero-order chi connectivity index (χ0) is 13.1. The number of piperidine rings is 1. The van der Waals surface area contributed by atoms with E-state index < -0.39 is 0 Å². The molecule has 0 radical (unpaired) electrons. The highest BCUT2D eigenvalue weighted by atomic mass is 16.2. The van der Waals surface area contributed by atoms with Crippen molar-refractivity contribution in [1.29, 1.82) is 0 Å². The van der Waals surface area contributed by atoms with Crippen LogP contribution in [0.1, 0.15) is 53.4 Å². The summed E-state index contributed by atoms with van der Waals surface area (Å²) < 4.78 is 0. The number of hydrogen-bond donors (Lipinski definition) is 1. The number of likely N-dealkylation sites (tertiary alicyclic amines) is 1. The van der Waals surface area contributed by atoms with E-state index in [2.05, 4.69) is 6.92 Å². The zero-order valence-electron chi connectivity index (χ0n) is 11.8. The minimum Gasteiger partial charge on any atom is -0.341 e. The Morgan fingerprint density at radius 1 is 1.47 bits per heavy atom. The van der Waals surface area contributed by atoms with Crippen LogP contribution in [0.5, 0.6) is 0 Å². The molecule has 1 amide bonds. The highest BCUT2D eigenvalue weighted by Crippen LogP contribution is 2.24. The summed E-state index contributed by atoms with van der Waals surface area (Å²) in [6, 6.07) is -0.372. The average Bonchev–Trinajstić information content (AvgIpc) is 2.27. The molecule has 17 heavy (non-hydrogen) atoms. The van der Waals surface area contributed by atoms with Crippen molar-refractivity contribution < 1.29 is 4.79 Å². The molecule has 1 heterocycles. The molecule has 0 aromatic heterocycles. The molecular formula is C14H28N2O. The van der Waals surface area contributed by atoms with Crippen molar-refractivity contribution >= 4 is 5.91 Å². The zero-order valence-corrected chi connectivity index (χ0v) is 11.8. The molecule has 0 spiro atoms. The molecule has 2 N–H and O–H groups in total. The second-order valence-electron chi connectivity index (χ2n) is 6.42. The van der Waals surface area contributed by atoms with E-state index in [1.54, 1.807) is 0 Å². The number of carbonyl (C=O) groups is 1. The second-order valence-corrected chi connectivity index (χ2v) is 6.42. The number of rotatable bonds is 3. The Balaban J connectivity index is 2.57. The van der Waals surface area contributed by atoms with Gasteiger partial charge in [-0.2, -0.15) is 0 Å². The predicted octanol–water partition coefficient (Wildman–Crippen LogP) is 2.40. The van der Waals surface area contributed by atoms with Crippen LogP contribution in [0.4, 0.5) is 0 Å². The van der Waals surface area contributed by atoms with Crippen LogP contribution >= 0.6 is 0 Å². The fraction of sp³-hybridized carbons (Fsp3) is 0.929. The molecule has 1 saturated heterocycles. The van der Waals surface area contributed by atoms with Crippen LogP contribution in [0, 0.1) is 11.3 Å². The summed E-state index contributed by atoms with van der Waals surface area (Å²) in [4.78, 5) is 14.3. The maximum Gasteiger partial charge on any atom is 0.240 e. The van der Waals surface area contributed by atoms with Crippen molar-refractivity contribution in [1.82, 2.24) is 4.90 Å². The van der Waals surface area contributed by atoms with E-state index in [1.807, 2.05) is 25.7 Å². The van der Waals surface area contributed by atoms with E-state index in [9.17, 15) is 4.79 Å². The van der Waals surface area contributed by atoms with Gasteiger partial charge in [0.1, 0.15) is 0 Å². The molecule has 1 fully saturated rings. The molecule has 0 bridgehead atoms. The molecular weight excluding hydrogens is 212 g/mol. The van der Waals surface area contributed by atoms with Crippen molar-refractivity contribution in [2.24, 2.45) is 17.1 Å². The first-order valence-corrected chi connectivity index (χ1v) is 6.90. The van der Waals surface area contributed by atoms with Gasteiger partial charge in [-0.1, -0.05) is 34.1 Å². The van der Waals surface area contributed by atoms with Gasteiger partial charge in [-0.25, -0.2) is 0 Å². The number of nitrogens with two attached hydrogens (primary N) is 1. The van der Waals surface area contributed by atoms with Crippen molar-refractivity contribution in [2.45, 2.75) is 59.4 Å². The lowest BCUT2D eigenvalue weighted by Gasteiger charge is -2.37. The third-order valence-electron chi connectivity index (χ3n) is 3.73. The van der Waals surface area contributed by atoms with Gasteiger partial charge in [0.2, 0.25) is 5.91 Å². The Bertz CT molecular complexity index is 255. The molecule has 0 aliphatic carbocycles. The standard InChI is InChI=1S/C14H28N2O/c1-5-7-11-8-6-9-16(10-11)13(17)12(15)14(2,3)4/h11-12H,5-10,15H2,1-4H3/t11?,12-/m1/s1. The second kappa shape index (κ2) is 5.85. The summed E-state index contributed by atoms with van der Waals surface area (Å²) in [5.41, 5.74) is 5.91. The first-order chi connectivity index (χ1) is 7.86. The minimum absolute atomic E-state index is 0.137. The fourth-order valence-corrected chi connectivity index (χ4v) is 2.48. The summed E-state index contributed by atoms with van der Waals surface area (Å²) in [7, 11) is 0. The van der Waals surface area contributed by atoms with E-state index in [-0.39, 0.29) is 17.4 Å². The summed E-state index contributed by atoms with van der Waals surface area (Å²) >= 11 is 0. The van der Waals surface area contributed by atoms with Gasteiger partial charge >= 0.3 is 0 Å². The van der Waals surface area contributed by atoms with E-state index in [4.69, 9.17) is 5.73 Å². The van der Waals surface area contributed by atoms with Crippen molar-refractivity contribution in [3.8, 4) is 0 Å². The lowest BCUT2D eigenvalue weighted by molar-refractivity contribution is -0.136. The Kier molecular flexibility index (Phi) is 4.99. The maximum atomic E-state index is 12.3. The largest absolute Gasteiger partial charge is 0.341 e. The number of hydrogen-bond acceptors (Lipinski definition) is 2. The number of amides is 1. The van der Waals surface area contributed by atoms with Gasteiger partial charge in [0.25, 0.3) is 0 Å². The third kappa shape index (κ3) is 3.98. The number of nitrogens with zero attached hydrogens (tertiary/aromatic N) is 1. The first-order valence-electron chi connectivity index (χ1n) is 6.90. The molecule has 3 nitrogen and oxygen atoms in total. The molecule has 0 aromatic rings. The molecule has 1 unspecified atom stereocenters. The van der Waals surface area contributed by atoms with Crippen LogP contribution in [0.2, 0.25) is 0 Å². The topological polar surface area (TPSA) is 46.3 Å². The SMILES string of the molecule is CCCC1CCCN(C(=O)[C@@H](N)C(C)(C)C)C1. The Morgan fingerprint density at radius 3 is 2.65 bits per heavy atom. The molecule has 1 rings (SSSR count). The Labute approximate surface area is 106 Å². The molecule has 3 heteroatoms. The molecule has 100 valence electrons. The quantitative estimate of drug-likeness (QED) is 0.823. The Morgan fingerprint density at radius 2 is 2.12 bits per heavy atom. The van der Waals surface area contributed by atoms with Crippen LogP contribution in [-0.2, 0) is 4.79 Å². The molecule has 1 aliphatic rings. The summed E-state index contributed by atoms with van der Waals surface area (Å²) in [6.45, 7) is 10.1. The van der Waals surface area contributed by atoms with E-state index in [0.29, 0.717) is 5.92 Å². The van der Waals surface area contributed by atoms with Gasteiger partial charge in [0.15, 0.2) is 0 Å². The summed E-state index contributed by atoms with van der Waals surface area (Å²) in [5.74, 6) is 0.822. The maximum absolute atomic E-state index is 12.3. The minimum atomic E-state index is -0.372. The van der Waals surface area contributed by atoms with Crippen LogP contribution in [0.3, 0.4) is 0 Å². The van der Waals surface area contributed by atoms with Gasteiger partial charge < -0.3 is 10.6 Å². The molecule has 2 atom stereocenters. The highest BCUT2D eigenvalue weighted by molar-refractivity contribution is 5.82. The summed E-state index contributed by atoms with van der Waals surface area (Å²) in [5, 5.41) is 0. The number of carbonyl (C=O) groups excluding carboxylic acids is 1. The van der Waals surface area contributed by atoms with E-state index in [1.165, 1.54) is 19.3 Å². The monoisotopic (exact) mass is 240 g/mol. The smallest absolute Gasteiger partial charge is 0.240 e. The molecule has 1 aliphatic heterocycles.